The highest BCUT2D eigenvalue weighted by Gasteiger charge is 2.40. The molecule has 0 bridgehead atoms. The number of aliphatic carboxylic acids is 1. The van der Waals surface area contributed by atoms with Crippen LogP contribution in [0.5, 0.6) is 0 Å². The highest BCUT2D eigenvalue weighted by Crippen LogP contribution is 2.30. The average molecular weight is 514 g/mol. The number of carboxylic acid groups (broad SMARTS) is 1. The van der Waals surface area contributed by atoms with E-state index in [4.69, 9.17) is 11.6 Å². The first kappa shape index (κ1) is 28.4. The summed E-state index contributed by atoms with van der Waals surface area (Å²) in [7, 11) is -4.02. The van der Waals surface area contributed by atoms with E-state index in [2.05, 4.69) is 17.2 Å². The van der Waals surface area contributed by atoms with Gasteiger partial charge in [0.25, 0.3) is 0 Å². The Morgan fingerprint density at radius 3 is 2.38 bits per heavy atom. The van der Waals surface area contributed by atoms with Crippen molar-refractivity contribution in [2.45, 2.75) is 88.3 Å². The van der Waals surface area contributed by atoms with Crippen molar-refractivity contribution in [2.75, 3.05) is 6.54 Å². The number of aliphatic imine (C=N–C) groups is 1. The van der Waals surface area contributed by atoms with Crippen LogP contribution < -0.4 is 5.32 Å². The zero-order chi connectivity index (χ0) is 25.5. The number of nitrogens with zero attached hydrogens (tertiary/aromatic N) is 2. The lowest BCUT2D eigenvalue weighted by Gasteiger charge is -2.31. The maximum absolute atomic E-state index is 13.4. The van der Waals surface area contributed by atoms with E-state index in [0.29, 0.717) is 32.0 Å². The van der Waals surface area contributed by atoms with E-state index >= 15 is 0 Å². The first-order valence-corrected chi connectivity index (χ1v) is 13.7. The Balaban J connectivity index is 2.36. The van der Waals surface area contributed by atoms with Gasteiger partial charge in [-0.15, -0.1) is 0 Å². The van der Waals surface area contributed by atoms with Gasteiger partial charge in [0, 0.05) is 13.0 Å². The van der Waals surface area contributed by atoms with Crippen molar-refractivity contribution < 1.29 is 23.1 Å². The fraction of sp³-hybridized carbons (Fsp3) is 0.625. The van der Waals surface area contributed by atoms with Crippen molar-refractivity contribution in [1.82, 2.24) is 9.62 Å². The summed E-state index contributed by atoms with van der Waals surface area (Å²) in [6.07, 6.45) is 4.67. The molecular formula is C24H36ClN3O5S. The Kier molecular flexibility index (Phi) is 10.2. The minimum absolute atomic E-state index is 0.0496. The van der Waals surface area contributed by atoms with E-state index in [-0.39, 0.29) is 23.1 Å². The quantitative estimate of drug-likeness (QED) is 0.222. The van der Waals surface area contributed by atoms with Gasteiger partial charge in [0.15, 0.2) is 6.29 Å². The lowest BCUT2D eigenvalue weighted by Crippen LogP contribution is -2.48. The van der Waals surface area contributed by atoms with E-state index in [1.54, 1.807) is 19.1 Å². The Labute approximate surface area is 207 Å². The Hall–Kier alpha value is -1.81. The van der Waals surface area contributed by atoms with Gasteiger partial charge in [0.05, 0.1) is 4.90 Å². The SMILES string of the molecule is CCCCC1(Cc2ccc(S(=O)(=O)N(CCC)[C@H](C(=O)O)[C@@H](C)CC)cc2)N=C(C=O)C(Cl)N1. The second-order valence-corrected chi connectivity index (χ2v) is 11.2. The fourth-order valence-corrected chi connectivity index (χ4v) is 6.34. The maximum Gasteiger partial charge on any atom is 0.322 e. The molecule has 0 aliphatic carbocycles. The summed E-state index contributed by atoms with van der Waals surface area (Å²) >= 11 is 6.24. The number of alkyl halides is 1. The van der Waals surface area contributed by atoms with Gasteiger partial charge in [-0.05, 0) is 42.9 Å². The number of rotatable bonds is 14. The third-order valence-electron chi connectivity index (χ3n) is 6.28. The standard InChI is InChI=1S/C24H36ClN3O5S/c1-5-8-13-24(26-20(16-29)22(25)27-24)15-18-9-11-19(12-10-18)34(32,33)28(14-6-2)21(23(30)31)17(4)7-3/h9-12,16-17,21-22,27H,5-8,13-15H2,1-4H3,(H,30,31)/t17-,21-,22?,24?/m0/s1. The second-order valence-electron chi connectivity index (χ2n) is 8.90. The number of hydrogen-bond donors (Lipinski definition) is 2. The zero-order valence-corrected chi connectivity index (χ0v) is 21.9. The van der Waals surface area contributed by atoms with E-state index in [1.807, 2.05) is 13.8 Å². The maximum atomic E-state index is 13.4. The molecule has 4 atom stereocenters. The van der Waals surface area contributed by atoms with Gasteiger partial charge < -0.3 is 5.11 Å². The van der Waals surface area contributed by atoms with E-state index < -0.39 is 33.2 Å². The number of benzene rings is 1. The topological polar surface area (TPSA) is 116 Å². The Morgan fingerprint density at radius 1 is 1.26 bits per heavy atom. The predicted molar refractivity (Wildman–Crippen MR) is 134 cm³/mol. The third kappa shape index (κ3) is 6.44. The summed E-state index contributed by atoms with van der Waals surface area (Å²) in [6.45, 7) is 7.61. The molecule has 0 aromatic heterocycles. The summed E-state index contributed by atoms with van der Waals surface area (Å²) in [5.41, 5.74) is -0.290. The highest BCUT2D eigenvalue weighted by molar-refractivity contribution is 7.89. The molecule has 1 aliphatic heterocycles. The molecule has 2 N–H and O–H groups in total. The number of unbranched alkanes of at least 4 members (excludes halogenated alkanes) is 1. The molecule has 0 fully saturated rings. The smallest absolute Gasteiger partial charge is 0.322 e. The molecule has 10 heteroatoms. The van der Waals surface area contributed by atoms with Crippen molar-refractivity contribution in [2.24, 2.45) is 10.9 Å². The predicted octanol–water partition coefficient (Wildman–Crippen LogP) is 3.82. The largest absolute Gasteiger partial charge is 0.480 e. The van der Waals surface area contributed by atoms with Gasteiger partial charge in [0.1, 0.15) is 22.9 Å². The van der Waals surface area contributed by atoms with Crippen molar-refractivity contribution in [3.05, 3.63) is 29.8 Å². The zero-order valence-electron chi connectivity index (χ0n) is 20.3. The number of carboxylic acids is 1. The van der Waals surface area contributed by atoms with Crippen molar-refractivity contribution >= 4 is 39.6 Å². The van der Waals surface area contributed by atoms with Crippen LogP contribution in [0.3, 0.4) is 0 Å². The van der Waals surface area contributed by atoms with Crippen LogP contribution in [0.25, 0.3) is 0 Å². The molecule has 34 heavy (non-hydrogen) atoms. The van der Waals surface area contributed by atoms with Gasteiger partial charge >= 0.3 is 5.97 Å². The minimum atomic E-state index is -4.02. The number of carbonyl (C=O) groups is 2. The van der Waals surface area contributed by atoms with Gasteiger partial charge in [-0.25, -0.2) is 8.42 Å². The third-order valence-corrected chi connectivity index (χ3v) is 8.51. The van der Waals surface area contributed by atoms with Crippen LogP contribution in [-0.4, -0.2) is 59.5 Å². The molecule has 0 saturated carbocycles. The molecule has 0 saturated heterocycles. The average Bonchev–Trinajstić information content (AvgIpc) is 3.12. The van der Waals surface area contributed by atoms with Crippen LogP contribution >= 0.6 is 11.6 Å². The van der Waals surface area contributed by atoms with Crippen LogP contribution in [0.2, 0.25) is 0 Å². The van der Waals surface area contributed by atoms with E-state index in [9.17, 15) is 23.1 Å². The lowest BCUT2D eigenvalue weighted by molar-refractivity contribution is -0.143. The van der Waals surface area contributed by atoms with Crippen LogP contribution in [0.4, 0.5) is 0 Å². The molecule has 190 valence electrons. The van der Waals surface area contributed by atoms with Crippen LogP contribution in [0.1, 0.15) is 65.4 Å². The number of aldehydes is 1. The fourth-order valence-electron chi connectivity index (χ4n) is 4.26. The van der Waals surface area contributed by atoms with E-state index in [0.717, 1.165) is 22.7 Å². The first-order valence-electron chi connectivity index (χ1n) is 11.9. The monoisotopic (exact) mass is 513 g/mol. The molecule has 0 spiro atoms. The van der Waals surface area contributed by atoms with Crippen molar-refractivity contribution in [1.29, 1.82) is 0 Å². The summed E-state index contributed by atoms with van der Waals surface area (Å²) in [4.78, 5) is 27.9. The molecule has 0 radical (unpaired) electrons. The number of carbonyl (C=O) groups excluding carboxylic acids is 1. The van der Waals surface area contributed by atoms with Crippen LogP contribution in [0, 0.1) is 5.92 Å². The molecule has 1 aromatic rings. The lowest BCUT2D eigenvalue weighted by atomic mass is 9.95. The molecule has 2 unspecified atom stereocenters. The summed E-state index contributed by atoms with van der Waals surface area (Å²) in [5.74, 6) is -1.48. The molecule has 8 nitrogen and oxygen atoms in total. The summed E-state index contributed by atoms with van der Waals surface area (Å²) < 4.78 is 28.0. The molecule has 1 heterocycles. The molecule has 1 aromatic carbocycles. The number of nitrogens with one attached hydrogen (secondary N) is 1. The van der Waals surface area contributed by atoms with Gasteiger partial charge in [-0.1, -0.05) is 64.3 Å². The number of sulfonamides is 1. The second kappa shape index (κ2) is 12.2. The van der Waals surface area contributed by atoms with Crippen molar-refractivity contribution in [3.8, 4) is 0 Å². The first-order chi connectivity index (χ1) is 16.0. The van der Waals surface area contributed by atoms with Gasteiger partial charge in [-0.3, -0.25) is 19.9 Å². The normalized spacial score (nSPS) is 22.4. The van der Waals surface area contributed by atoms with Crippen LogP contribution in [-0.2, 0) is 26.0 Å². The number of halogens is 1. The molecule has 1 aliphatic rings. The number of hydrogen-bond acceptors (Lipinski definition) is 6. The Bertz CT molecular complexity index is 983. The minimum Gasteiger partial charge on any atom is -0.480 e. The van der Waals surface area contributed by atoms with Gasteiger partial charge in [-0.2, -0.15) is 4.31 Å². The van der Waals surface area contributed by atoms with Crippen LogP contribution in [0.15, 0.2) is 34.2 Å². The highest BCUT2D eigenvalue weighted by atomic mass is 35.5. The summed E-state index contributed by atoms with van der Waals surface area (Å²) in [6, 6.07) is 5.31. The Morgan fingerprint density at radius 2 is 1.91 bits per heavy atom. The van der Waals surface area contributed by atoms with Crippen molar-refractivity contribution in [3.63, 3.8) is 0 Å². The summed E-state index contributed by atoms with van der Waals surface area (Å²) in [5, 5.41) is 13.0. The molecule has 0 amide bonds. The van der Waals surface area contributed by atoms with Gasteiger partial charge in [0.2, 0.25) is 10.0 Å². The molecular weight excluding hydrogens is 478 g/mol. The van der Waals surface area contributed by atoms with E-state index in [1.165, 1.54) is 12.1 Å². The molecule has 2 rings (SSSR count).